The number of halogens is 2. The summed E-state index contributed by atoms with van der Waals surface area (Å²) in [5.41, 5.74) is 0. The lowest BCUT2D eigenvalue weighted by Gasteiger charge is -2.19. The molecule has 8 heteroatoms. The lowest BCUT2D eigenvalue weighted by molar-refractivity contribution is 0.144. The topological polar surface area (TPSA) is 61.8 Å². The van der Waals surface area contributed by atoms with Gasteiger partial charge in [0.15, 0.2) is 17.6 Å². The molecular formula is C18H31FIN5O. The third-order valence-corrected chi connectivity index (χ3v) is 4.08. The van der Waals surface area contributed by atoms with Gasteiger partial charge >= 0.3 is 0 Å². The number of pyridine rings is 1. The molecule has 1 unspecified atom stereocenters. The molecule has 0 spiro atoms. The molecule has 6 nitrogen and oxygen atoms in total. The molecule has 1 fully saturated rings. The Kier molecular flexibility index (Phi) is 11.5. The first-order valence-corrected chi connectivity index (χ1v) is 9.22. The van der Waals surface area contributed by atoms with E-state index in [-0.39, 0.29) is 35.8 Å². The molecule has 0 amide bonds. The van der Waals surface area contributed by atoms with Crippen molar-refractivity contribution in [2.24, 2.45) is 4.99 Å². The van der Waals surface area contributed by atoms with Crippen LogP contribution in [-0.4, -0.2) is 56.4 Å². The van der Waals surface area contributed by atoms with E-state index in [0.717, 1.165) is 64.6 Å². The minimum Gasteiger partial charge on any atom is -0.382 e. The Morgan fingerprint density at radius 1 is 1.42 bits per heavy atom. The highest BCUT2D eigenvalue weighted by Crippen LogP contribution is 2.20. The van der Waals surface area contributed by atoms with Crippen LogP contribution in [0.5, 0.6) is 0 Å². The van der Waals surface area contributed by atoms with Gasteiger partial charge in [-0.15, -0.1) is 24.0 Å². The third-order valence-electron chi connectivity index (χ3n) is 4.08. The maximum atomic E-state index is 13.9. The molecule has 1 saturated heterocycles. The molecule has 1 aliphatic heterocycles. The number of ether oxygens (including phenoxy) is 1. The van der Waals surface area contributed by atoms with E-state index in [1.165, 1.54) is 6.07 Å². The quantitative estimate of drug-likeness (QED) is 0.247. The van der Waals surface area contributed by atoms with Gasteiger partial charge in [-0.3, -0.25) is 4.99 Å². The molecule has 2 heterocycles. The molecule has 1 aromatic rings. The molecule has 0 aromatic carbocycles. The number of aromatic nitrogens is 1. The fraction of sp³-hybridized carbons (Fsp3) is 0.667. The molecule has 2 rings (SSSR count). The number of nitrogens with one attached hydrogen (secondary N) is 2. The van der Waals surface area contributed by atoms with E-state index in [1.807, 2.05) is 11.8 Å². The van der Waals surface area contributed by atoms with E-state index < -0.39 is 0 Å². The van der Waals surface area contributed by atoms with Crippen molar-refractivity contribution in [3.63, 3.8) is 0 Å². The zero-order valence-electron chi connectivity index (χ0n) is 15.7. The van der Waals surface area contributed by atoms with Crippen molar-refractivity contribution in [1.82, 2.24) is 15.6 Å². The van der Waals surface area contributed by atoms with Crippen molar-refractivity contribution in [3.05, 3.63) is 24.1 Å². The Balaban J connectivity index is 0.00000338. The Morgan fingerprint density at radius 2 is 2.27 bits per heavy atom. The molecular weight excluding hydrogens is 448 g/mol. The number of aliphatic imine (C=N–C) groups is 1. The summed E-state index contributed by atoms with van der Waals surface area (Å²) in [5.74, 6) is 0.995. The molecule has 26 heavy (non-hydrogen) atoms. The first-order chi connectivity index (χ1) is 12.2. The van der Waals surface area contributed by atoms with Crippen LogP contribution in [0.2, 0.25) is 0 Å². The standard InChI is InChI=1S/C18H30FN5O.HI/c1-3-20-18(22-10-5-6-13-25-4-2)23-15-9-12-24(14-15)17-16(19)8-7-11-21-17;/h7-8,11,15H,3-6,9-10,12-14H2,1-2H3,(H2,20,22,23);1H. The predicted octanol–water partition coefficient (Wildman–Crippen LogP) is 2.79. The molecule has 148 valence electrons. The number of rotatable bonds is 9. The first-order valence-electron chi connectivity index (χ1n) is 9.22. The first kappa shape index (κ1) is 22.9. The van der Waals surface area contributed by atoms with Crippen LogP contribution in [-0.2, 0) is 4.74 Å². The number of unbranched alkanes of at least 4 members (excludes halogenated alkanes) is 1. The van der Waals surface area contributed by atoms with E-state index in [9.17, 15) is 4.39 Å². The number of nitrogens with zero attached hydrogens (tertiary/aromatic N) is 3. The third kappa shape index (κ3) is 7.61. The van der Waals surface area contributed by atoms with Crippen LogP contribution in [0, 0.1) is 5.82 Å². The molecule has 1 aromatic heterocycles. The molecule has 0 bridgehead atoms. The summed E-state index contributed by atoms with van der Waals surface area (Å²) in [6, 6.07) is 3.31. The van der Waals surface area contributed by atoms with Crippen LogP contribution in [0.4, 0.5) is 10.2 Å². The maximum absolute atomic E-state index is 13.9. The SMILES string of the molecule is CCNC(=NCCCCOCC)NC1CCN(c2ncccc2F)C1.I. The average molecular weight is 479 g/mol. The van der Waals surface area contributed by atoms with Gasteiger partial charge in [0.05, 0.1) is 0 Å². The van der Waals surface area contributed by atoms with Gasteiger partial charge in [-0.1, -0.05) is 0 Å². The Morgan fingerprint density at radius 3 is 3.00 bits per heavy atom. The molecule has 1 atom stereocenters. The largest absolute Gasteiger partial charge is 0.382 e. The average Bonchev–Trinajstić information content (AvgIpc) is 3.07. The Bertz CT molecular complexity index is 546. The second-order valence-electron chi connectivity index (χ2n) is 6.05. The van der Waals surface area contributed by atoms with Crippen molar-refractivity contribution in [2.45, 2.75) is 39.2 Å². The summed E-state index contributed by atoms with van der Waals surface area (Å²) in [6.07, 6.45) is 4.59. The van der Waals surface area contributed by atoms with Gasteiger partial charge in [0, 0.05) is 51.6 Å². The molecule has 2 N–H and O–H groups in total. The highest BCUT2D eigenvalue weighted by molar-refractivity contribution is 14.0. The highest BCUT2D eigenvalue weighted by atomic mass is 127. The van der Waals surface area contributed by atoms with Crippen molar-refractivity contribution in [1.29, 1.82) is 0 Å². The second kappa shape index (κ2) is 13.1. The highest BCUT2D eigenvalue weighted by Gasteiger charge is 2.25. The van der Waals surface area contributed by atoms with Gasteiger partial charge in [0.1, 0.15) is 0 Å². The summed E-state index contributed by atoms with van der Waals surface area (Å²) in [7, 11) is 0. The number of guanidine groups is 1. The van der Waals surface area contributed by atoms with Gasteiger partial charge in [0.2, 0.25) is 0 Å². The zero-order valence-corrected chi connectivity index (χ0v) is 18.0. The van der Waals surface area contributed by atoms with Crippen LogP contribution in [0.3, 0.4) is 0 Å². The van der Waals surface area contributed by atoms with E-state index in [4.69, 9.17) is 4.74 Å². The van der Waals surface area contributed by atoms with Gasteiger partial charge in [-0.2, -0.15) is 0 Å². The van der Waals surface area contributed by atoms with Crippen LogP contribution in [0.1, 0.15) is 33.1 Å². The molecule has 1 aliphatic rings. The second-order valence-corrected chi connectivity index (χ2v) is 6.05. The van der Waals surface area contributed by atoms with E-state index in [1.54, 1.807) is 12.3 Å². The van der Waals surface area contributed by atoms with Gasteiger partial charge < -0.3 is 20.3 Å². The smallest absolute Gasteiger partial charge is 0.191 e. The Hall–Kier alpha value is -1.16. The molecule has 0 radical (unpaired) electrons. The Labute approximate surface area is 173 Å². The number of anilines is 1. The van der Waals surface area contributed by atoms with Crippen LogP contribution in [0.15, 0.2) is 23.3 Å². The van der Waals surface area contributed by atoms with Gasteiger partial charge in [0.25, 0.3) is 0 Å². The minimum absolute atomic E-state index is 0. The minimum atomic E-state index is -0.266. The number of hydrogen-bond acceptors (Lipinski definition) is 4. The van der Waals surface area contributed by atoms with Crippen molar-refractivity contribution >= 4 is 35.8 Å². The summed E-state index contributed by atoms with van der Waals surface area (Å²) < 4.78 is 19.2. The van der Waals surface area contributed by atoms with Gasteiger partial charge in [-0.25, -0.2) is 9.37 Å². The van der Waals surface area contributed by atoms with Crippen LogP contribution >= 0.6 is 24.0 Å². The fourth-order valence-electron chi connectivity index (χ4n) is 2.85. The summed E-state index contributed by atoms with van der Waals surface area (Å²) in [4.78, 5) is 10.8. The van der Waals surface area contributed by atoms with Crippen molar-refractivity contribution in [2.75, 3.05) is 44.3 Å². The normalized spacial score (nSPS) is 17.1. The van der Waals surface area contributed by atoms with Gasteiger partial charge in [-0.05, 0) is 45.2 Å². The van der Waals surface area contributed by atoms with Crippen LogP contribution < -0.4 is 15.5 Å². The maximum Gasteiger partial charge on any atom is 0.191 e. The lowest BCUT2D eigenvalue weighted by atomic mass is 10.3. The lowest BCUT2D eigenvalue weighted by Crippen LogP contribution is -2.44. The van der Waals surface area contributed by atoms with E-state index >= 15 is 0 Å². The zero-order chi connectivity index (χ0) is 17.9. The van der Waals surface area contributed by atoms with Crippen LogP contribution in [0.25, 0.3) is 0 Å². The monoisotopic (exact) mass is 479 g/mol. The summed E-state index contributed by atoms with van der Waals surface area (Å²) in [5, 5.41) is 6.73. The van der Waals surface area contributed by atoms with E-state index in [0.29, 0.717) is 5.82 Å². The summed E-state index contributed by atoms with van der Waals surface area (Å²) in [6.45, 7) is 8.72. The van der Waals surface area contributed by atoms with E-state index in [2.05, 4.69) is 27.5 Å². The summed E-state index contributed by atoms with van der Waals surface area (Å²) >= 11 is 0. The fourth-order valence-corrected chi connectivity index (χ4v) is 2.85. The predicted molar refractivity (Wildman–Crippen MR) is 115 cm³/mol. The molecule has 0 saturated carbocycles. The molecule has 0 aliphatic carbocycles. The van der Waals surface area contributed by atoms with Crippen molar-refractivity contribution in [3.8, 4) is 0 Å². The number of hydrogen-bond donors (Lipinski definition) is 2. The van der Waals surface area contributed by atoms with Crippen molar-refractivity contribution < 1.29 is 9.13 Å².